The maximum atomic E-state index is 12.8. The maximum Gasteiger partial charge on any atom is 0.238 e. The van der Waals surface area contributed by atoms with Crippen LogP contribution in [0.5, 0.6) is 0 Å². The Morgan fingerprint density at radius 1 is 1.33 bits per heavy atom. The van der Waals surface area contributed by atoms with Crippen LogP contribution in [0.15, 0.2) is 41.7 Å². The van der Waals surface area contributed by atoms with Gasteiger partial charge in [0, 0.05) is 12.1 Å². The van der Waals surface area contributed by atoms with Crippen molar-refractivity contribution in [2.75, 3.05) is 13.7 Å². The van der Waals surface area contributed by atoms with E-state index < -0.39 is 0 Å². The number of likely N-dealkylation sites (N-methyl/N-ethyl adjacent to an activating group) is 1. The summed E-state index contributed by atoms with van der Waals surface area (Å²) < 4.78 is 13.1. The van der Waals surface area contributed by atoms with E-state index in [-0.39, 0.29) is 12.4 Å². The molecule has 1 unspecified atom stereocenters. The van der Waals surface area contributed by atoms with Crippen LogP contribution in [-0.4, -0.2) is 24.6 Å². The lowest BCUT2D eigenvalue weighted by molar-refractivity contribution is 0.344. The lowest BCUT2D eigenvalue weighted by Crippen LogP contribution is -2.45. The first-order valence-corrected chi connectivity index (χ1v) is 4.65. The summed E-state index contributed by atoms with van der Waals surface area (Å²) in [4.78, 5) is 4.07. The first-order valence-electron chi connectivity index (χ1n) is 4.65. The van der Waals surface area contributed by atoms with Gasteiger partial charge in [0.2, 0.25) is 5.84 Å². The number of halogens is 1. The van der Waals surface area contributed by atoms with E-state index in [1.165, 1.54) is 12.1 Å². The largest absolute Gasteiger partial charge is 0.384 e. The van der Waals surface area contributed by atoms with Gasteiger partial charge in [0.25, 0.3) is 0 Å². The fourth-order valence-electron chi connectivity index (χ4n) is 1.63. The van der Waals surface area contributed by atoms with Crippen molar-refractivity contribution in [2.45, 2.75) is 0 Å². The van der Waals surface area contributed by atoms with Gasteiger partial charge in [-0.3, -0.25) is 0 Å². The van der Waals surface area contributed by atoms with Crippen LogP contribution < -0.4 is 4.48 Å². The van der Waals surface area contributed by atoms with Gasteiger partial charge >= 0.3 is 0 Å². The topological polar surface area (TPSA) is 32.6 Å². The monoisotopic (exact) mass is 207 g/mol. The van der Waals surface area contributed by atoms with E-state index in [9.17, 15) is 4.39 Å². The van der Waals surface area contributed by atoms with Gasteiger partial charge in [-0.25, -0.2) is 13.9 Å². The van der Waals surface area contributed by atoms with Crippen LogP contribution in [0.25, 0.3) is 0 Å². The lowest BCUT2D eigenvalue weighted by atomic mass is 10.2. The predicted molar refractivity (Wildman–Crippen MR) is 57.8 cm³/mol. The molecule has 0 aliphatic carbocycles. The molecule has 0 bridgehead atoms. The van der Waals surface area contributed by atoms with Gasteiger partial charge in [-0.15, -0.1) is 0 Å². The molecule has 0 saturated heterocycles. The van der Waals surface area contributed by atoms with E-state index in [0.29, 0.717) is 10.3 Å². The number of aliphatic imine (C=N–C) groups is 1. The summed E-state index contributed by atoms with van der Waals surface area (Å²) in [5, 5.41) is 9.16. The molecule has 2 rings (SSSR count). The van der Waals surface area contributed by atoms with Crippen molar-refractivity contribution >= 4 is 11.5 Å². The molecule has 0 spiro atoms. The molecule has 1 heterocycles. The smallest absolute Gasteiger partial charge is 0.238 e. The molecule has 1 atom stereocenters. The highest BCUT2D eigenvalue weighted by atomic mass is 19.1. The summed E-state index contributed by atoms with van der Waals surface area (Å²) in [7, 11) is 1.89. The highest BCUT2D eigenvalue weighted by Crippen LogP contribution is 2.25. The number of aliphatic hydroxyl groups excluding tert-OH is 1. The summed E-state index contributed by atoms with van der Waals surface area (Å²) in [6, 6.07) is 6.19. The zero-order chi connectivity index (χ0) is 10.9. The molecule has 1 aliphatic heterocycles. The standard InChI is InChI=1S/C11H12FN2O/c1-14(7-6-13-11(14)8-15)10-4-2-9(12)3-5-10/h2-7,15H,8H2,1H3/q+1. The Morgan fingerprint density at radius 2 is 2.00 bits per heavy atom. The Bertz CT molecular complexity index is 425. The summed E-state index contributed by atoms with van der Waals surface area (Å²) in [6.45, 7) is -0.110. The second-order valence-corrected chi connectivity index (χ2v) is 3.55. The van der Waals surface area contributed by atoms with Crippen molar-refractivity contribution in [1.82, 2.24) is 4.48 Å². The molecule has 0 amide bonds. The van der Waals surface area contributed by atoms with Crippen molar-refractivity contribution in [3.63, 3.8) is 0 Å². The Morgan fingerprint density at radius 3 is 2.60 bits per heavy atom. The fourth-order valence-corrected chi connectivity index (χ4v) is 1.63. The quantitative estimate of drug-likeness (QED) is 0.735. The van der Waals surface area contributed by atoms with Gasteiger partial charge in [-0.2, -0.15) is 0 Å². The van der Waals surface area contributed by atoms with Crippen molar-refractivity contribution in [2.24, 2.45) is 4.99 Å². The molecule has 3 nitrogen and oxygen atoms in total. The number of hydrogen-bond acceptors (Lipinski definition) is 2. The van der Waals surface area contributed by atoms with Crippen LogP contribution in [0.1, 0.15) is 0 Å². The van der Waals surface area contributed by atoms with E-state index in [0.717, 1.165) is 5.69 Å². The van der Waals surface area contributed by atoms with Crippen LogP contribution >= 0.6 is 0 Å². The summed E-state index contributed by atoms with van der Waals surface area (Å²) >= 11 is 0. The second kappa shape index (κ2) is 3.56. The van der Waals surface area contributed by atoms with Crippen LogP contribution in [0.3, 0.4) is 0 Å². The molecule has 78 valence electrons. The zero-order valence-electron chi connectivity index (χ0n) is 8.39. The molecule has 1 aromatic carbocycles. The summed E-state index contributed by atoms with van der Waals surface area (Å²) in [6.07, 6.45) is 3.49. The highest BCUT2D eigenvalue weighted by molar-refractivity contribution is 5.97. The number of quaternary nitrogens is 1. The molecule has 0 saturated carbocycles. The lowest BCUT2D eigenvalue weighted by Gasteiger charge is -2.25. The Balaban J connectivity index is 2.42. The third-order valence-corrected chi connectivity index (χ3v) is 2.63. The average Bonchev–Trinajstić information content (AvgIpc) is 2.61. The van der Waals surface area contributed by atoms with Crippen LogP contribution in [0.4, 0.5) is 10.1 Å². The third-order valence-electron chi connectivity index (χ3n) is 2.63. The van der Waals surface area contributed by atoms with Crippen molar-refractivity contribution in [3.8, 4) is 0 Å². The minimum Gasteiger partial charge on any atom is -0.384 e. The summed E-state index contributed by atoms with van der Waals surface area (Å²) in [5.74, 6) is 0.359. The Kier molecular flexibility index (Phi) is 2.38. The van der Waals surface area contributed by atoms with E-state index in [1.54, 1.807) is 18.3 Å². The highest BCUT2D eigenvalue weighted by Gasteiger charge is 2.32. The molecule has 4 heteroatoms. The molecular formula is C11H12FN2O+. The number of benzene rings is 1. The van der Waals surface area contributed by atoms with E-state index in [1.807, 2.05) is 13.2 Å². The maximum absolute atomic E-state index is 12.8. The van der Waals surface area contributed by atoms with Crippen molar-refractivity contribution in [1.29, 1.82) is 0 Å². The Hall–Kier alpha value is -1.52. The van der Waals surface area contributed by atoms with E-state index >= 15 is 0 Å². The minimum absolute atomic E-state index is 0.110. The van der Waals surface area contributed by atoms with Gasteiger partial charge in [-0.1, -0.05) is 0 Å². The number of amidine groups is 1. The first kappa shape index (κ1) is 10.0. The molecule has 1 N–H and O–H groups in total. The number of aliphatic hydroxyl groups is 1. The molecule has 15 heavy (non-hydrogen) atoms. The zero-order valence-corrected chi connectivity index (χ0v) is 8.39. The fraction of sp³-hybridized carbons (Fsp3) is 0.182. The predicted octanol–water partition coefficient (Wildman–Crippen LogP) is 1.64. The summed E-state index contributed by atoms with van der Waals surface area (Å²) in [5.41, 5.74) is 0.873. The van der Waals surface area contributed by atoms with Crippen LogP contribution in [0, 0.1) is 5.82 Å². The molecular weight excluding hydrogens is 195 g/mol. The molecule has 1 aromatic rings. The normalized spacial score (nSPS) is 24.3. The third kappa shape index (κ3) is 1.58. The molecule has 1 aliphatic rings. The van der Waals surface area contributed by atoms with Gasteiger partial charge < -0.3 is 5.11 Å². The SMILES string of the molecule is C[N+]1(c2ccc(F)cc2)C=CN=C1CO. The van der Waals surface area contributed by atoms with Gasteiger partial charge in [0.15, 0.2) is 0 Å². The number of nitrogens with zero attached hydrogens (tertiary/aromatic N) is 2. The average molecular weight is 207 g/mol. The number of rotatable bonds is 2. The van der Waals surface area contributed by atoms with Gasteiger partial charge in [0.05, 0.1) is 13.2 Å². The number of hydrogen-bond donors (Lipinski definition) is 1. The minimum atomic E-state index is -0.268. The first-order chi connectivity index (χ1) is 7.16. The Labute approximate surface area is 87.4 Å². The van der Waals surface area contributed by atoms with Crippen LogP contribution in [-0.2, 0) is 0 Å². The van der Waals surface area contributed by atoms with E-state index in [4.69, 9.17) is 5.11 Å². The van der Waals surface area contributed by atoms with Crippen LogP contribution in [0.2, 0.25) is 0 Å². The van der Waals surface area contributed by atoms with Gasteiger partial charge in [-0.05, 0) is 12.1 Å². The van der Waals surface area contributed by atoms with E-state index in [2.05, 4.69) is 4.99 Å². The molecule has 0 aromatic heterocycles. The second-order valence-electron chi connectivity index (χ2n) is 3.55. The molecule has 0 fully saturated rings. The van der Waals surface area contributed by atoms with Crippen molar-refractivity contribution < 1.29 is 9.50 Å². The van der Waals surface area contributed by atoms with Gasteiger partial charge in [0.1, 0.15) is 24.3 Å². The molecule has 0 radical (unpaired) electrons. The van der Waals surface area contributed by atoms with Crippen molar-refractivity contribution in [3.05, 3.63) is 42.5 Å².